The predicted molar refractivity (Wildman–Crippen MR) is 72.8 cm³/mol. The quantitative estimate of drug-likeness (QED) is 0.868. The van der Waals surface area contributed by atoms with Gasteiger partial charge in [-0.25, -0.2) is 0 Å². The van der Waals surface area contributed by atoms with Crippen molar-refractivity contribution in [1.82, 2.24) is 24.4 Å². The molecule has 0 spiro atoms. The van der Waals surface area contributed by atoms with E-state index in [4.69, 9.17) is 0 Å². The van der Waals surface area contributed by atoms with Crippen LogP contribution in [0.15, 0.2) is 0 Å². The summed E-state index contributed by atoms with van der Waals surface area (Å²) in [6.07, 6.45) is 1.98. The van der Waals surface area contributed by atoms with Crippen LogP contribution in [-0.2, 0) is 13.0 Å². The van der Waals surface area contributed by atoms with E-state index in [0.717, 1.165) is 48.3 Å². The summed E-state index contributed by atoms with van der Waals surface area (Å²) in [5, 5.41) is 15.9. The van der Waals surface area contributed by atoms with Crippen molar-refractivity contribution in [1.29, 1.82) is 0 Å². The first-order valence-corrected chi connectivity index (χ1v) is 7.07. The van der Waals surface area contributed by atoms with Gasteiger partial charge in [0.15, 0.2) is 5.82 Å². The normalized spacial score (nSPS) is 10.8. The molecule has 0 aromatic carbocycles. The Morgan fingerprint density at radius 3 is 2.67 bits per heavy atom. The summed E-state index contributed by atoms with van der Waals surface area (Å²) in [4.78, 5) is 1.04. The number of nitrogens with one attached hydrogen (secondary N) is 1. The Hall–Kier alpha value is -1.50. The van der Waals surface area contributed by atoms with E-state index in [0.29, 0.717) is 0 Å². The van der Waals surface area contributed by atoms with E-state index < -0.39 is 0 Å². The molecule has 7 heteroatoms. The van der Waals surface area contributed by atoms with Gasteiger partial charge in [-0.05, 0) is 31.8 Å². The molecule has 2 heterocycles. The minimum Gasteiger partial charge on any atom is -0.355 e. The molecule has 0 bridgehead atoms. The molecular weight excluding hydrogens is 248 g/mol. The van der Waals surface area contributed by atoms with Gasteiger partial charge >= 0.3 is 0 Å². The fourth-order valence-corrected chi connectivity index (χ4v) is 2.54. The Morgan fingerprint density at radius 1 is 1.17 bits per heavy atom. The second-order valence-corrected chi connectivity index (χ2v) is 4.67. The third-order valence-corrected chi connectivity index (χ3v) is 3.41. The average molecular weight is 266 g/mol. The third-order valence-electron chi connectivity index (χ3n) is 2.65. The number of aromatic nitrogens is 5. The van der Waals surface area contributed by atoms with Crippen molar-refractivity contribution in [3.63, 3.8) is 0 Å². The molecular formula is C11H18N6S. The first-order valence-electron chi connectivity index (χ1n) is 6.30. The van der Waals surface area contributed by atoms with E-state index in [-0.39, 0.29) is 0 Å². The number of rotatable bonds is 6. The van der Waals surface area contributed by atoms with E-state index in [9.17, 15) is 0 Å². The fourth-order valence-electron chi connectivity index (χ4n) is 1.84. The van der Waals surface area contributed by atoms with Gasteiger partial charge in [-0.1, -0.05) is 17.8 Å². The second-order valence-electron chi connectivity index (χ2n) is 3.92. The largest absolute Gasteiger partial charge is 0.355 e. The van der Waals surface area contributed by atoms with Gasteiger partial charge in [-0.3, -0.25) is 4.57 Å². The van der Waals surface area contributed by atoms with Crippen LogP contribution in [0.2, 0.25) is 0 Å². The van der Waals surface area contributed by atoms with E-state index in [2.05, 4.69) is 43.5 Å². The van der Waals surface area contributed by atoms with Crippen LogP contribution >= 0.6 is 11.5 Å². The van der Waals surface area contributed by atoms with Gasteiger partial charge in [0, 0.05) is 13.1 Å². The average Bonchev–Trinajstić information content (AvgIpc) is 2.96. The zero-order chi connectivity index (χ0) is 13.0. The highest BCUT2D eigenvalue weighted by Crippen LogP contribution is 2.27. The number of aryl methyl sites for hydroxylation is 1. The summed E-state index contributed by atoms with van der Waals surface area (Å²) in [6, 6.07) is 0. The zero-order valence-electron chi connectivity index (χ0n) is 11.0. The minimum absolute atomic E-state index is 0.811. The lowest BCUT2D eigenvalue weighted by Gasteiger charge is -2.07. The molecule has 2 aromatic heterocycles. The zero-order valence-corrected chi connectivity index (χ0v) is 11.8. The lowest BCUT2D eigenvalue weighted by atomic mass is 10.2. The van der Waals surface area contributed by atoms with Crippen molar-refractivity contribution in [3.8, 4) is 10.7 Å². The predicted octanol–water partition coefficient (Wildman–Crippen LogP) is 2.20. The Labute approximate surface area is 111 Å². The van der Waals surface area contributed by atoms with E-state index in [1.54, 1.807) is 0 Å². The molecule has 0 saturated carbocycles. The van der Waals surface area contributed by atoms with E-state index >= 15 is 0 Å². The number of nitrogens with zero attached hydrogens (tertiary/aromatic N) is 5. The summed E-state index contributed by atoms with van der Waals surface area (Å²) in [7, 11) is 0. The highest BCUT2D eigenvalue weighted by atomic mass is 32.1. The molecule has 98 valence electrons. The molecule has 0 aliphatic heterocycles. The van der Waals surface area contributed by atoms with Gasteiger partial charge in [0.2, 0.25) is 5.95 Å². The Bertz CT molecular complexity index is 503. The lowest BCUT2D eigenvalue weighted by molar-refractivity contribution is 0.769. The SMILES string of the molecule is CCCc1nnsc1-c1nnc(NCC)n1CC. The molecule has 0 aliphatic rings. The molecule has 6 nitrogen and oxygen atoms in total. The molecule has 0 atom stereocenters. The topological polar surface area (TPSA) is 68.5 Å². The smallest absolute Gasteiger partial charge is 0.224 e. The number of hydrogen-bond donors (Lipinski definition) is 1. The molecule has 18 heavy (non-hydrogen) atoms. The summed E-state index contributed by atoms with van der Waals surface area (Å²) >= 11 is 1.39. The minimum atomic E-state index is 0.811. The molecule has 0 radical (unpaired) electrons. The van der Waals surface area contributed by atoms with Crippen LogP contribution in [0.4, 0.5) is 5.95 Å². The first-order chi connectivity index (χ1) is 8.81. The summed E-state index contributed by atoms with van der Waals surface area (Å²) < 4.78 is 6.11. The van der Waals surface area contributed by atoms with Crippen LogP contribution in [0.1, 0.15) is 32.9 Å². The molecule has 0 saturated heterocycles. The van der Waals surface area contributed by atoms with Gasteiger partial charge in [0.1, 0.15) is 4.88 Å². The van der Waals surface area contributed by atoms with Crippen molar-refractivity contribution in [2.45, 2.75) is 40.2 Å². The van der Waals surface area contributed by atoms with Gasteiger partial charge in [-0.15, -0.1) is 15.3 Å². The van der Waals surface area contributed by atoms with Crippen LogP contribution in [0.5, 0.6) is 0 Å². The standard InChI is InChI=1S/C11H18N6S/c1-4-7-8-9(18-16-13-8)10-14-15-11(12-5-2)17(10)6-3/h4-7H2,1-3H3,(H,12,15). The molecule has 0 aliphatic carbocycles. The lowest BCUT2D eigenvalue weighted by Crippen LogP contribution is -2.07. The van der Waals surface area contributed by atoms with E-state index in [1.165, 1.54) is 11.5 Å². The van der Waals surface area contributed by atoms with Crippen LogP contribution < -0.4 is 5.32 Å². The maximum atomic E-state index is 4.27. The molecule has 0 unspecified atom stereocenters. The second kappa shape index (κ2) is 5.90. The van der Waals surface area contributed by atoms with Crippen molar-refractivity contribution >= 4 is 17.5 Å². The molecule has 0 amide bonds. The maximum Gasteiger partial charge on any atom is 0.224 e. The highest BCUT2D eigenvalue weighted by Gasteiger charge is 2.18. The Kier molecular flexibility index (Phi) is 4.24. The Balaban J connectivity index is 2.40. The Morgan fingerprint density at radius 2 is 2.00 bits per heavy atom. The molecule has 2 aromatic rings. The first kappa shape index (κ1) is 12.9. The molecule has 1 N–H and O–H groups in total. The molecule has 2 rings (SSSR count). The number of anilines is 1. The summed E-state index contributed by atoms with van der Waals surface area (Å²) in [6.45, 7) is 7.93. The van der Waals surface area contributed by atoms with Crippen molar-refractivity contribution in [3.05, 3.63) is 5.69 Å². The monoisotopic (exact) mass is 266 g/mol. The van der Waals surface area contributed by atoms with Crippen LogP contribution in [0, 0.1) is 0 Å². The summed E-state index contributed by atoms with van der Waals surface area (Å²) in [5.41, 5.74) is 1.02. The van der Waals surface area contributed by atoms with Crippen molar-refractivity contribution in [2.24, 2.45) is 0 Å². The molecule has 0 fully saturated rings. The van der Waals surface area contributed by atoms with Crippen LogP contribution in [-0.4, -0.2) is 30.9 Å². The highest BCUT2D eigenvalue weighted by molar-refractivity contribution is 7.09. The number of hydrogen-bond acceptors (Lipinski definition) is 6. The van der Waals surface area contributed by atoms with Gasteiger partial charge in [-0.2, -0.15) is 0 Å². The van der Waals surface area contributed by atoms with Crippen LogP contribution in [0.25, 0.3) is 10.7 Å². The van der Waals surface area contributed by atoms with Gasteiger partial charge < -0.3 is 5.32 Å². The maximum absolute atomic E-state index is 4.27. The van der Waals surface area contributed by atoms with Gasteiger partial charge in [0.05, 0.1) is 5.69 Å². The fraction of sp³-hybridized carbons (Fsp3) is 0.636. The summed E-state index contributed by atoms with van der Waals surface area (Å²) in [5.74, 6) is 1.68. The van der Waals surface area contributed by atoms with Gasteiger partial charge in [0.25, 0.3) is 0 Å². The third kappa shape index (κ3) is 2.35. The van der Waals surface area contributed by atoms with Crippen molar-refractivity contribution in [2.75, 3.05) is 11.9 Å². The van der Waals surface area contributed by atoms with Crippen molar-refractivity contribution < 1.29 is 0 Å². The van der Waals surface area contributed by atoms with E-state index in [1.807, 2.05) is 6.92 Å². The van der Waals surface area contributed by atoms with Crippen LogP contribution in [0.3, 0.4) is 0 Å².